The van der Waals surface area contributed by atoms with Crippen LogP contribution in [0.5, 0.6) is 0 Å². The van der Waals surface area contributed by atoms with Crippen molar-refractivity contribution in [3.63, 3.8) is 0 Å². The first kappa shape index (κ1) is 20.0. The van der Waals surface area contributed by atoms with E-state index in [0.29, 0.717) is 16.9 Å². The van der Waals surface area contributed by atoms with Gasteiger partial charge in [0, 0.05) is 11.4 Å². The summed E-state index contributed by atoms with van der Waals surface area (Å²) in [5.74, 6) is -1.02. The van der Waals surface area contributed by atoms with Crippen LogP contribution in [0.1, 0.15) is 24.2 Å². The topological polar surface area (TPSA) is 96.5 Å². The lowest BCUT2D eigenvalue weighted by molar-refractivity contribution is -0.118. The summed E-state index contributed by atoms with van der Waals surface area (Å²) in [4.78, 5) is 36.4. The molecule has 0 saturated heterocycles. The van der Waals surface area contributed by atoms with E-state index in [9.17, 15) is 14.4 Å². The van der Waals surface area contributed by atoms with Crippen molar-refractivity contribution in [2.24, 2.45) is 5.92 Å². The number of anilines is 2. The molecule has 0 spiro atoms. The molecule has 0 bridgehead atoms. The quantitative estimate of drug-likeness (QED) is 0.681. The largest absolute Gasteiger partial charge is 0.465 e. The van der Waals surface area contributed by atoms with E-state index in [0.717, 1.165) is 0 Å². The Balaban J connectivity index is 2.04. The van der Waals surface area contributed by atoms with E-state index in [1.165, 1.54) is 13.2 Å². The maximum absolute atomic E-state index is 12.6. The molecule has 7 nitrogen and oxygen atoms in total. The zero-order valence-electron chi connectivity index (χ0n) is 15.5. The molecule has 1 atom stereocenters. The summed E-state index contributed by atoms with van der Waals surface area (Å²) in [5.41, 5.74) is 1.40. The van der Waals surface area contributed by atoms with E-state index >= 15 is 0 Å². The van der Waals surface area contributed by atoms with Crippen molar-refractivity contribution >= 4 is 29.3 Å². The smallest absolute Gasteiger partial charge is 0.337 e. The molecular formula is C20H23N3O4. The molecule has 142 valence electrons. The number of amides is 3. The van der Waals surface area contributed by atoms with E-state index in [1.807, 2.05) is 19.9 Å². The molecule has 0 unspecified atom stereocenters. The minimum absolute atomic E-state index is 0.143. The van der Waals surface area contributed by atoms with Gasteiger partial charge in [-0.1, -0.05) is 38.1 Å². The molecule has 27 heavy (non-hydrogen) atoms. The normalized spacial score (nSPS) is 11.4. The second kappa shape index (κ2) is 9.38. The van der Waals surface area contributed by atoms with Crippen LogP contribution in [0.25, 0.3) is 0 Å². The van der Waals surface area contributed by atoms with Crippen molar-refractivity contribution in [3.8, 4) is 0 Å². The zero-order chi connectivity index (χ0) is 19.8. The van der Waals surface area contributed by atoms with Crippen LogP contribution in [0.4, 0.5) is 16.2 Å². The summed E-state index contributed by atoms with van der Waals surface area (Å²) in [5, 5.41) is 8.09. The average Bonchev–Trinajstić information content (AvgIpc) is 2.66. The van der Waals surface area contributed by atoms with Gasteiger partial charge in [0.1, 0.15) is 6.04 Å². The SMILES string of the molecule is COC(=O)c1cccc(NC(=O)[C@H](NC(=O)Nc2ccccc2)C(C)C)c1. The average molecular weight is 369 g/mol. The van der Waals surface area contributed by atoms with Gasteiger partial charge in [-0.25, -0.2) is 9.59 Å². The number of urea groups is 1. The number of methoxy groups -OCH3 is 1. The Morgan fingerprint density at radius 2 is 1.56 bits per heavy atom. The van der Waals surface area contributed by atoms with Gasteiger partial charge in [0.05, 0.1) is 12.7 Å². The summed E-state index contributed by atoms with van der Waals surface area (Å²) in [6.45, 7) is 3.66. The van der Waals surface area contributed by atoms with E-state index in [-0.39, 0.29) is 11.8 Å². The van der Waals surface area contributed by atoms with Crippen LogP contribution in [0, 0.1) is 5.92 Å². The number of esters is 1. The Morgan fingerprint density at radius 1 is 0.889 bits per heavy atom. The highest BCUT2D eigenvalue weighted by molar-refractivity contribution is 6.00. The fourth-order valence-electron chi connectivity index (χ4n) is 2.43. The molecule has 0 aliphatic carbocycles. The van der Waals surface area contributed by atoms with E-state index in [1.54, 1.807) is 42.5 Å². The van der Waals surface area contributed by atoms with Gasteiger partial charge >= 0.3 is 12.0 Å². The van der Waals surface area contributed by atoms with Crippen LogP contribution in [-0.4, -0.2) is 31.1 Å². The monoisotopic (exact) mass is 369 g/mol. The summed E-state index contributed by atoms with van der Waals surface area (Å²) >= 11 is 0. The number of benzene rings is 2. The van der Waals surface area contributed by atoms with Crippen molar-refractivity contribution in [1.29, 1.82) is 0 Å². The Morgan fingerprint density at radius 3 is 2.19 bits per heavy atom. The molecule has 2 aromatic carbocycles. The van der Waals surface area contributed by atoms with Gasteiger partial charge in [0.25, 0.3) is 0 Å². The molecule has 0 aliphatic rings. The highest BCUT2D eigenvalue weighted by atomic mass is 16.5. The fraction of sp³-hybridized carbons (Fsp3) is 0.250. The highest BCUT2D eigenvalue weighted by Crippen LogP contribution is 2.14. The molecule has 3 N–H and O–H groups in total. The maximum atomic E-state index is 12.6. The van der Waals surface area contributed by atoms with Gasteiger partial charge in [-0.15, -0.1) is 0 Å². The Labute approximate surface area is 158 Å². The number of rotatable bonds is 6. The van der Waals surface area contributed by atoms with Crippen LogP contribution in [0.2, 0.25) is 0 Å². The molecule has 7 heteroatoms. The number of nitrogens with one attached hydrogen (secondary N) is 3. The van der Waals surface area contributed by atoms with Gasteiger partial charge in [-0.3, -0.25) is 4.79 Å². The first-order valence-electron chi connectivity index (χ1n) is 8.52. The van der Waals surface area contributed by atoms with Crippen LogP contribution >= 0.6 is 0 Å². The van der Waals surface area contributed by atoms with E-state index < -0.39 is 18.0 Å². The first-order chi connectivity index (χ1) is 12.9. The maximum Gasteiger partial charge on any atom is 0.337 e. The van der Waals surface area contributed by atoms with Crippen LogP contribution < -0.4 is 16.0 Å². The molecule has 0 aromatic heterocycles. The first-order valence-corrected chi connectivity index (χ1v) is 8.52. The van der Waals surface area contributed by atoms with Crippen molar-refractivity contribution in [2.75, 3.05) is 17.7 Å². The van der Waals surface area contributed by atoms with Crippen LogP contribution in [0.3, 0.4) is 0 Å². The predicted octanol–water partition coefficient (Wildman–Crippen LogP) is 3.26. The highest BCUT2D eigenvalue weighted by Gasteiger charge is 2.24. The summed E-state index contributed by atoms with van der Waals surface area (Å²) in [6, 6.07) is 14.1. The third-order valence-corrected chi connectivity index (χ3v) is 3.82. The van der Waals surface area contributed by atoms with Crippen molar-refractivity contribution in [1.82, 2.24) is 5.32 Å². The molecule has 0 heterocycles. The van der Waals surface area contributed by atoms with E-state index in [2.05, 4.69) is 20.7 Å². The Bertz CT molecular complexity index is 806. The molecule has 2 rings (SSSR count). The number of carbonyl (C=O) groups excluding carboxylic acids is 3. The number of carbonyl (C=O) groups is 3. The van der Waals surface area contributed by atoms with E-state index in [4.69, 9.17) is 0 Å². The molecule has 0 saturated carbocycles. The third kappa shape index (κ3) is 5.85. The van der Waals surface area contributed by atoms with Crippen molar-refractivity contribution < 1.29 is 19.1 Å². The second-order valence-electron chi connectivity index (χ2n) is 6.25. The molecule has 3 amide bonds. The lowest BCUT2D eigenvalue weighted by Crippen LogP contribution is -2.48. The minimum Gasteiger partial charge on any atom is -0.465 e. The lowest BCUT2D eigenvalue weighted by atomic mass is 10.0. The van der Waals surface area contributed by atoms with Gasteiger partial charge in [-0.05, 0) is 36.2 Å². The van der Waals surface area contributed by atoms with Crippen molar-refractivity contribution in [3.05, 3.63) is 60.2 Å². The Hall–Kier alpha value is -3.35. The van der Waals surface area contributed by atoms with Gasteiger partial charge in [0.15, 0.2) is 0 Å². The van der Waals surface area contributed by atoms with Crippen LogP contribution in [0.15, 0.2) is 54.6 Å². The molecule has 0 aliphatic heterocycles. The zero-order valence-corrected chi connectivity index (χ0v) is 15.5. The fourth-order valence-corrected chi connectivity index (χ4v) is 2.43. The van der Waals surface area contributed by atoms with Gasteiger partial charge in [0.2, 0.25) is 5.91 Å². The van der Waals surface area contributed by atoms with Gasteiger partial charge < -0.3 is 20.7 Å². The number of para-hydroxylation sites is 1. The molecular weight excluding hydrogens is 346 g/mol. The van der Waals surface area contributed by atoms with Gasteiger partial charge in [-0.2, -0.15) is 0 Å². The summed E-state index contributed by atoms with van der Waals surface area (Å²) < 4.78 is 4.67. The molecule has 2 aromatic rings. The predicted molar refractivity (Wildman–Crippen MR) is 104 cm³/mol. The lowest BCUT2D eigenvalue weighted by Gasteiger charge is -2.22. The summed E-state index contributed by atoms with van der Waals surface area (Å²) in [6.07, 6.45) is 0. The standard InChI is InChI=1S/C20H23N3O4/c1-13(2)17(23-20(26)22-15-9-5-4-6-10-15)18(24)21-16-11-7-8-14(12-16)19(25)27-3/h4-13,17H,1-3H3,(H,21,24)(H2,22,23,26)/t17-/m1/s1. The second-order valence-corrected chi connectivity index (χ2v) is 6.25. The van der Waals surface area contributed by atoms with Crippen molar-refractivity contribution in [2.45, 2.75) is 19.9 Å². The summed E-state index contributed by atoms with van der Waals surface area (Å²) in [7, 11) is 1.29. The molecule has 0 radical (unpaired) electrons. The van der Waals surface area contributed by atoms with Crippen LogP contribution in [-0.2, 0) is 9.53 Å². The molecule has 0 fully saturated rings. The number of hydrogen-bond acceptors (Lipinski definition) is 4. The minimum atomic E-state index is -0.754. The number of ether oxygens (including phenoxy) is 1. The Kier molecular flexibility index (Phi) is 6.93. The number of hydrogen-bond donors (Lipinski definition) is 3. The third-order valence-electron chi connectivity index (χ3n) is 3.82.